The van der Waals surface area contributed by atoms with E-state index in [1.807, 2.05) is 17.0 Å². The number of unbranched alkanes of at least 4 members (excludes halogenated alkanes) is 1. The normalized spacial score (nSPS) is 30.6. The summed E-state index contributed by atoms with van der Waals surface area (Å²) in [5.74, 6) is 0.642. The number of nitriles is 1. The first-order chi connectivity index (χ1) is 19.3. The molecule has 3 aliphatic carbocycles. The van der Waals surface area contributed by atoms with Crippen LogP contribution in [0.2, 0.25) is 0 Å². The fourth-order valence-corrected chi connectivity index (χ4v) is 8.13. The van der Waals surface area contributed by atoms with Crippen LogP contribution in [0.4, 0.5) is 4.39 Å². The minimum atomic E-state index is -1.01. The number of carbonyl (C=O) groups is 1. The second kappa shape index (κ2) is 11.9. The zero-order chi connectivity index (χ0) is 28.4. The number of nitrogens with zero attached hydrogens (tertiary/aromatic N) is 2. The standard InChI is InChI=1S/C33H41FN2O4/c1-33-19-28(34)31-26-11-10-25(37)18-24(26)17-23(30(31)27(33)12-13-29(33)38)5-3-4-14-36(15-16-40-2)32(39)22-8-6-21(20-35)7-9-22/h6-11,18,23,27-31,37-38H,3-5,12-17,19H2,1-2H3/t23-,27+,28+,29+,30+,31+,33+/m1/s1. The second-order valence-corrected chi connectivity index (χ2v) is 12.3. The number of hydrogen-bond donors (Lipinski definition) is 2. The van der Waals surface area contributed by atoms with E-state index in [9.17, 15) is 15.0 Å². The average molecular weight is 549 g/mol. The fraction of sp³-hybridized carbons (Fsp3) is 0.576. The number of benzene rings is 2. The molecule has 40 heavy (non-hydrogen) atoms. The van der Waals surface area contributed by atoms with Gasteiger partial charge in [-0.1, -0.05) is 19.4 Å². The molecule has 0 radical (unpaired) electrons. The molecule has 3 aliphatic rings. The van der Waals surface area contributed by atoms with Crippen LogP contribution in [0, 0.1) is 34.5 Å². The third-order valence-electron chi connectivity index (χ3n) is 10.1. The van der Waals surface area contributed by atoms with E-state index in [2.05, 4.69) is 13.0 Å². The Morgan fingerprint density at radius 1 is 1.18 bits per heavy atom. The Bertz CT molecular complexity index is 1240. The lowest BCUT2D eigenvalue weighted by atomic mass is 9.51. The predicted molar refractivity (Wildman–Crippen MR) is 151 cm³/mol. The average Bonchev–Trinajstić information content (AvgIpc) is 3.25. The molecule has 2 saturated carbocycles. The summed E-state index contributed by atoms with van der Waals surface area (Å²) >= 11 is 0. The number of aromatic hydroxyl groups is 1. The molecule has 0 saturated heterocycles. The van der Waals surface area contributed by atoms with Crippen LogP contribution in [-0.4, -0.2) is 60.1 Å². The molecular formula is C33H41FN2O4. The van der Waals surface area contributed by atoms with Crippen molar-refractivity contribution in [2.75, 3.05) is 26.8 Å². The number of fused-ring (bicyclic) bond motifs is 5. The van der Waals surface area contributed by atoms with E-state index >= 15 is 4.39 Å². The van der Waals surface area contributed by atoms with Crippen LogP contribution in [0.5, 0.6) is 5.75 Å². The summed E-state index contributed by atoms with van der Waals surface area (Å²) in [6.07, 6.45) is 4.01. The van der Waals surface area contributed by atoms with Crippen LogP contribution < -0.4 is 0 Å². The maximum absolute atomic E-state index is 16.0. The monoisotopic (exact) mass is 548 g/mol. The van der Waals surface area contributed by atoms with Gasteiger partial charge in [0.25, 0.3) is 5.91 Å². The summed E-state index contributed by atoms with van der Waals surface area (Å²) in [5.41, 5.74) is 2.77. The largest absolute Gasteiger partial charge is 0.508 e. The van der Waals surface area contributed by atoms with Gasteiger partial charge in [-0.15, -0.1) is 0 Å². The second-order valence-electron chi connectivity index (χ2n) is 12.3. The molecule has 6 nitrogen and oxygen atoms in total. The zero-order valence-electron chi connectivity index (χ0n) is 23.6. The molecule has 0 heterocycles. The molecule has 0 spiro atoms. The Kier molecular flexibility index (Phi) is 8.49. The number of halogens is 1. The number of carbonyl (C=O) groups excluding carboxylic acids is 1. The highest BCUT2D eigenvalue weighted by Gasteiger charge is 2.59. The van der Waals surface area contributed by atoms with Crippen molar-refractivity contribution in [3.8, 4) is 11.8 Å². The fourth-order valence-electron chi connectivity index (χ4n) is 8.13. The van der Waals surface area contributed by atoms with Crippen molar-refractivity contribution < 1.29 is 24.1 Å². The summed E-state index contributed by atoms with van der Waals surface area (Å²) in [4.78, 5) is 15.0. The summed E-state index contributed by atoms with van der Waals surface area (Å²) in [7, 11) is 1.62. The Morgan fingerprint density at radius 3 is 2.67 bits per heavy atom. The molecule has 0 bridgehead atoms. The van der Waals surface area contributed by atoms with Crippen molar-refractivity contribution in [2.24, 2.45) is 23.2 Å². The van der Waals surface area contributed by atoms with Gasteiger partial charge in [0.2, 0.25) is 0 Å². The van der Waals surface area contributed by atoms with Gasteiger partial charge >= 0.3 is 0 Å². The molecule has 7 atom stereocenters. The van der Waals surface area contributed by atoms with Crippen molar-refractivity contribution in [3.05, 3.63) is 64.7 Å². The summed E-state index contributed by atoms with van der Waals surface area (Å²) in [6, 6.07) is 14.2. The molecule has 5 rings (SSSR count). The van der Waals surface area contributed by atoms with E-state index in [-0.39, 0.29) is 35.3 Å². The van der Waals surface area contributed by atoms with Crippen LogP contribution in [-0.2, 0) is 11.2 Å². The zero-order valence-corrected chi connectivity index (χ0v) is 23.6. The minimum Gasteiger partial charge on any atom is -0.508 e. The molecule has 0 aromatic heterocycles. The highest BCUT2D eigenvalue weighted by atomic mass is 19.1. The van der Waals surface area contributed by atoms with Crippen LogP contribution in [0.15, 0.2) is 42.5 Å². The molecular weight excluding hydrogens is 507 g/mol. The van der Waals surface area contributed by atoms with Crippen molar-refractivity contribution in [2.45, 2.75) is 70.1 Å². The van der Waals surface area contributed by atoms with Gasteiger partial charge in [-0.05, 0) is 109 Å². The molecule has 214 valence electrons. The first-order valence-corrected chi connectivity index (χ1v) is 14.7. The number of rotatable bonds is 9. The Hall–Kier alpha value is -2.95. The van der Waals surface area contributed by atoms with Crippen molar-refractivity contribution in [3.63, 3.8) is 0 Å². The van der Waals surface area contributed by atoms with E-state index in [0.29, 0.717) is 37.2 Å². The SMILES string of the molecule is COCCN(CCCC[C@@H]1Cc2cc(O)ccc2[C@@H]2[C@@H]1[C@@H]1CC[C@H](O)[C@@]1(C)C[C@@H]2F)C(=O)c1ccc(C#N)cc1. The molecule has 2 N–H and O–H groups in total. The predicted octanol–water partition coefficient (Wildman–Crippen LogP) is 5.61. The number of methoxy groups -OCH3 is 1. The van der Waals surface area contributed by atoms with Gasteiger partial charge in [0.05, 0.1) is 24.3 Å². The first-order valence-electron chi connectivity index (χ1n) is 14.7. The highest BCUT2D eigenvalue weighted by Crippen LogP contribution is 2.63. The van der Waals surface area contributed by atoms with Crippen LogP contribution >= 0.6 is 0 Å². The number of phenolic OH excluding ortho intramolecular Hbond substituents is 1. The molecule has 2 aromatic rings. The number of ether oxygens (including phenoxy) is 1. The first kappa shape index (κ1) is 28.6. The van der Waals surface area contributed by atoms with Gasteiger partial charge in [0.15, 0.2) is 0 Å². The molecule has 0 unspecified atom stereocenters. The number of alkyl halides is 1. The minimum absolute atomic E-state index is 0.0769. The number of phenols is 1. The van der Waals surface area contributed by atoms with E-state index in [4.69, 9.17) is 10.00 Å². The van der Waals surface area contributed by atoms with Crippen LogP contribution in [0.25, 0.3) is 0 Å². The van der Waals surface area contributed by atoms with Crippen molar-refractivity contribution in [1.82, 2.24) is 4.90 Å². The van der Waals surface area contributed by atoms with Crippen LogP contribution in [0.1, 0.15) is 78.4 Å². The van der Waals surface area contributed by atoms with E-state index in [1.165, 1.54) is 0 Å². The van der Waals surface area contributed by atoms with Crippen molar-refractivity contribution >= 4 is 5.91 Å². The molecule has 2 fully saturated rings. The third kappa shape index (κ3) is 5.36. The number of hydrogen-bond acceptors (Lipinski definition) is 5. The lowest BCUT2D eigenvalue weighted by Crippen LogP contribution is -2.51. The van der Waals surface area contributed by atoms with Gasteiger partial charge in [-0.25, -0.2) is 4.39 Å². The number of aliphatic hydroxyl groups excluding tert-OH is 1. The molecule has 7 heteroatoms. The molecule has 2 aromatic carbocycles. The summed E-state index contributed by atoms with van der Waals surface area (Å²) < 4.78 is 21.2. The summed E-state index contributed by atoms with van der Waals surface area (Å²) in [5, 5.41) is 30.1. The maximum Gasteiger partial charge on any atom is 0.253 e. The molecule has 1 amide bonds. The van der Waals surface area contributed by atoms with E-state index in [1.54, 1.807) is 37.4 Å². The number of aliphatic hydroxyl groups is 1. The smallest absolute Gasteiger partial charge is 0.253 e. The van der Waals surface area contributed by atoms with E-state index in [0.717, 1.165) is 49.7 Å². The van der Waals surface area contributed by atoms with Crippen molar-refractivity contribution in [1.29, 1.82) is 5.26 Å². The van der Waals surface area contributed by atoms with Gasteiger partial charge in [-0.2, -0.15) is 5.26 Å². The van der Waals surface area contributed by atoms with Gasteiger partial charge in [0.1, 0.15) is 11.9 Å². The van der Waals surface area contributed by atoms with Gasteiger partial charge in [0, 0.05) is 31.7 Å². The maximum atomic E-state index is 16.0. The van der Waals surface area contributed by atoms with Gasteiger partial charge in [-0.3, -0.25) is 4.79 Å². The topological polar surface area (TPSA) is 93.8 Å². The Morgan fingerprint density at radius 2 is 1.95 bits per heavy atom. The third-order valence-corrected chi connectivity index (χ3v) is 10.1. The lowest BCUT2D eigenvalue weighted by molar-refractivity contribution is -0.0722. The molecule has 0 aliphatic heterocycles. The Labute approximate surface area is 236 Å². The number of amides is 1. The quantitative estimate of drug-likeness (QED) is 0.397. The highest BCUT2D eigenvalue weighted by molar-refractivity contribution is 5.94. The summed E-state index contributed by atoms with van der Waals surface area (Å²) in [6.45, 7) is 3.60. The Balaban J connectivity index is 1.30. The van der Waals surface area contributed by atoms with Crippen LogP contribution in [0.3, 0.4) is 0 Å². The van der Waals surface area contributed by atoms with E-state index < -0.39 is 17.7 Å². The van der Waals surface area contributed by atoms with Gasteiger partial charge < -0.3 is 19.8 Å². The lowest BCUT2D eigenvalue weighted by Gasteiger charge is -2.54.